The lowest BCUT2D eigenvalue weighted by atomic mass is 9.97. The average molecular weight is 333 g/mol. The standard InChI is InChI=1S/C16H17BrN2O/c1-10(2)12-5-4-11(3)14(8-12)16(20)19-15-7-6-13(17)9-18-15/h4-10H,1-3H3,(H,18,19,20). The van der Waals surface area contributed by atoms with Gasteiger partial charge in [0.25, 0.3) is 5.91 Å². The molecule has 2 aromatic rings. The summed E-state index contributed by atoms with van der Waals surface area (Å²) in [6.45, 7) is 6.17. The molecule has 0 atom stereocenters. The van der Waals surface area contributed by atoms with Gasteiger partial charge in [0.2, 0.25) is 0 Å². The van der Waals surface area contributed by atoms with Crippen molar-refractivity contribution >= 4 is 27.7 Å². The van der Waals surface area contributed by atoms with Crippen LogP contribution in [0.4, 0.5) is 5.82 Å². The molecule has 0 radical (unpaired) electrons. The van der Waals surface area contributed by atoms with Gasteiger partial charge in [-0.05, 0) is 58.1 Å². The molecule has 4 heteroatoms. The number of hydrogen-bond acceptors (Lipinski definition) is 2. The van der Waals surface area contributed by atoms with Gasteiger partial charge in [0.1, 0.15) is 5.82 Å². The first-order chi connectivity index (χ1) is 9.47. The quantitative estimate of drug-likeness (QED) is 0.897. The van der Waals surface area contributed by atoms with Crippen LogP contribution in [0.25, 0.3) is 0 Å². The van der Waals surface area contributed by atoms with Crippen LogP contribution in [0, 0.1) is 6.92 Å². The Kier molecular flexibility index (Phi) is 4.55. The van der Waals surface area contributed by atoms with Crippen molar-refractivity contribution in [1.82, 2.24) is 4.98 Å². The lowest BCUT2D eigenvalue weighted by Gasteiger charge is -2.11. The predicted octanol–water partition coefficient (Wildman–Crippen LogP) is 4.53. The molecule has 104 valence electrons. The van der Waals surface area contributed by atoms with Crippen LogP contribution in [-0.2, 0) is 0 Å². The predicted molar refractivity (Wildman–Crippen MR) is 85.2 cm³/mol. The number of aryl methyl sites for hydroxylation is 1. The van der Waals surface area contributed by atoms with E-state index in [9.17, 15) is 4.79 Å². The fraction of sp³-hybridized carbons (Fsp3) is 0.250. The Balaban J connectivity index is 2.24. The number of rotatable bonds is 3. The zero-order chi connectivity index (χ0) is 14.7. The highest BCUT2D eigenvalue weighted by Gasteiger charge is 2.12. The number of aromatic nitrogens is 1. The van der Waals surface area contributed by atoms with Crippen LogP contribution in [-0.4, -0.2) is 10.9 Å². The molecule has 1 aromatic heterocycles. The van der Waals surface area contributed by atoms with E-state index in [4.69, 9.17) is 0 Å². The van der Waals surface area contributed by atoms with Gasteiger partial charge >= 0.3 is 0 Å². The van der Waals surface area contributed by atoms with Crippen LogP contribution in [0.1, 0.15) is 41.3 Å². The minimum Gasteiger partial charge on any atom is -0.307 e. The molecule has 20 heavy (non-hydrogen) atoms. The van der Waals surface area contributed by atoms with Gasteiger partial charge in [-0.1, -0.05) is 26.0 Å². The molecular formula is C16H17BrN2O. The summed E-state index contributed by atoms with van der Waals surface area (Å²) in [6.07, 6.45) is 1.66. The summed E-state index contributed by atoms with van der Waals surface area (Å²) in [6, 6.07) is 9.62. The largest absolute Gasteiger partial charge is 0.307 e. The number of nitrogens with one attached hydrogen (secondary N) is 1. The smallest absolute Gasteiger partial charge is 0.257 e. The molecule has 3 nitrogen and oxygen atoms in total. The summed E-state index contributed by atoms with van der Waals surface area (Å²) >= 11 is 3.32. The van der Waals surface area contributed by atoms with Crippen molar-refractivity contribution in [2.24, 2.45) is 0 Å². The Morgan fingerprint density at radius 1 is 1.25 bits per heavy atom. The zero-order valence-corrected chi connectivity index (χ0v) is 13.4. The van der Waals surface area contributed by atoms with E-state index < -0.39 is 0 Å². The summed E-state index contributed by atoms with van der Waals surface area (Å²) in [5, 5.41) is 2.82. The molecule has 0 unspecified atom stereocenters. The third kappa shape index (κ3) is 3.45. The van der Waals surface area contributed by atoms with Crippen molar-refractivity contribution in [3.8, 4) is 0 Å². The van der Waals surface area contributed by atoms with Crippen molar-refractivity contribution in [3.05, 3.63) is 57.7 Å². The SMILES string of the molecule is Cc1ccc(C(C)C)cc1C(=O)Nc1ccc(Br)cn1. The Morgan fingerprint density at radius 3 is 2.60 bits per heavy atom. The summed E-state index contributed by atoms with van der Waals surface area (Å²) in [7, 11) is 0. The average Bonchev–Trinajstić information content (AvgIpc) is 2.41. The number of pyridine rings is 1. The van der Waals surface area contributed by atoms with Crippen LogP contribution in [0.5, 0.6) is 0 Å². The van der Waals surface area contributed by atoms with Gasteiger partial charge in [-0.3, -0.25) is 4.79 Å². The van der Waals surface area contributed by atoms with Gasteiger partial charge in [-0.2, -0.15) is 0 Å². The summed E-state index contributed by atoms with van der Waals surface area (Å²) in [4.78, 5) is 16.5. The molecule has 0 aliphatic carbocycles. The van der Waals surface area contributed by atoms with Crippen LogP contribution in [0.3, 0.4) is 0 Å². The second-order valence-electron chi connectivity index (χ2n) is 5.04. The second kappa shape index (κ2) is 6.18. The molecule has 1 N–H and O–H groups in total. The number of anilines is 1. The van der Waals surface area contributed by atoms with Gasteiger partial charge in [0, 0.05) is 16.2 Å². The molecule has 0 spiro atoms. The topological polar surface area (TPSA) is 42.0 Å². The van der Waals surface area contributed by atoms with Crippen molar-refractivity contribution in [2.75, 3.05) is 5.32 Å². The molecule has 0 aliphatic heterocycles. The van der Waals surface area contributed by atoms with Crippen LogP contribution in [0.15, 0.2) is 41.0 Å². The number of nitrogens with zero attached hydrogens (tertiary/aromatic N) is 1. The van der Waals surface area contributed by atoms with Crippen molar-refractivity contribution < 1.29 is 4.79 Å². The normalized spacial score (nSPS) is 10.7. The molecule has 1 heterocycles. The van der Waals surface area contributed by atoms with E-state index >= 15 is 0 Å². The minimum atomic E-state index is -0.125. The van der Waals surface area contributed by atoms with Gasteiger partial charge in [0.05, 0.1) is 0 Å². The van der Waals surface area contributed by atoms with E-state index in [2.05, 4.69) is 46.1 Å². The first-order valence-electron chi connectivity index (χ1n) is 6.51. The van der Waals surface area contributed by atoms with E-state index in [1.165, 1.54) is 0 Å². The molecule has 0 saturated carbocycles. The number of amides is 1. The fourth-order valence-electron chi connectivity index (χ4n) is 1.88. The second-order valence-corrected chi connectivity index (χ2v) is 5.96. The molecule has 2 rings (SSSR count). The van der Waals surface area contributed by atoms with Crippen LogP contribution in [0.2, 0.25) is 0 Å². The first kappa shape index (κ1) is 14.7. The van der Waals surface area contributed by atoms with Crippen LogP contribution < -0.4 is 5.32 Å². The van der Waals surface area contributed by atoms with Crippen LogP contribution >= 0.6 is 15.9 Å². The molecular weight excluding hydrogens is 316 g/mol. The van der Waals surface area contributed by atoms with E-state index in [-0.39, 0.29) is 5.91 Å². The third-order valence-electron chi connectivity index (χ3n) is 3.14. The lowest BCUT2D eigenvalue weighted by Crippen LogP contribution is -2.14. The van der Waals surface area contributed by atoms with Crippen molar-refractivity contribution in [3.63, 3.8) is 0 Å². The molecule has 0 aliphatic rings. The molecule has 1 aromatic carbocycles. The Bertz CT molecular complexity index is 621. The van der Waals surface area contributed by atoms with E-state index in [1.54, 1.807) is 12.3 Å². The Morgan fingerprint density at radius 2 is 2.00 bits per heavy atom. The number of hydrogen-bond donors (Lipinski definition) is 1. The highest BCUT2D eigenvalue weighted by atomic mass is 79.9. The number of benzene rings is 1. The number of carbonyl (C=O) groups is 1. The van der Waals surface area contributed by atoms with Gasteiger partial charge in [-0.25, -0.2) is 4.98 Å². The monoisotopic (exact) mass is 332 g/mol. The highest BCUT2D eigenvalue weighted by Crippen LogP contribution is 2.19. The van der Waals surface area contributed by atoms with Gasteiger partial charge in [0.15, 0.2) is 0 Å². The van der Waals surface area contributed by atoms with E-state index in [0.29, 0.717) is 17.3 Å². The number of halogens is 1. The fourth-order valence-corrected chi connectivity index (χ4v) is 2.11. The molecule has 1 amide bonds. The van der Waals surface area contributed by atoms with Crippen molar-refractivity contribution in [1.29, 1.82) is 0 Å². The van der Waals surface area contributed by atoms with Gasteiger partial charge < -0.3 is 5.32 Å². The molecule has 0 fully saturated rings. The first-order valence-corrected chi connectivity index (χ1v) is 7.30. The number of carbonyl (C=O) groups excluding carboxylic acids is 1. The minimum absolute atomic E-state index is 0.125. The van der Waals surface area contributed by atoms with Gasteiger partial charge in [-0.15, -0.1) is 0 Å². The molecule has 0 bridgehead atoms. The Labute approximate surface area is 127 Å². The Hall–Kier alpha value is -1.68. The lowest BCUT2D eigenvalue weighted by molar-refractivity contribution is 0.102. The summed E-state index contributed by atoms with van der Waals surface area (Å²) in [5.74, 6) is 0.820. The zero-order valence-electron chi connectivity index (χ0n) is 11.8. The highest BCUT2D eigenvalue weighted by molar-refractivity contribution is 9.10. The van der Waals surface area contributed by atoms with E-state index in [0.717, 1.165) is 15.6 Å². The summed E-state index contributed by atoms with van der Waals surface area (Å²) < 4.78 is 0.883. The van der Waals surface area contributed by atoms with E-state index in [1.807, 2.05) is 25.1 Å². The maximum absolute atomic E-state index is 12.3. The third-order valence-corrected chi connectivity index (χ3v) is 3.61. The maximum Gasteiger partial charge on any atom is 0.257 e. The van der Waals surface area contributed by atoms with Crippen molar-refractivity contribution in [2.45, 2.75) is 26.7 Å². The maximum atomic E-state index is 12.3. The molecule has 0 saturated heterocycles. The summed E-state index contributed by atoms with van der Waals surface area (Å²) in [5.41, 5.74) is 2.81.